The predicted octanol–water partition coefficient (Wildman–Crippen LogP) is 5.25. The van der Waals surface area contributed by atoms with E-state index in [9.17, 15) is 4.79 Å². The van der Waals surface area contributed by atoms with Crippen molar-refractivity contribution in [1.82, 2.24) is 4.98 Å². The fraction of sp³-hybridized carbons (Fsp3) is 0.250. The van der Waals surface area contributed by atoms with Crippen LogP contribution in [0, 0.1) is 6.92 Å². The number of aldehydes is 1. The largest absolute Gasteiger partial charge is 0.354 e. The van der Waals surface area contributed by atoms with E-state index in [1.807, 2.05) is 0 Å². The summed E-state index contributed by atoms with van der Waals surface area (Å²) in [5.41, 5.74) is 6.20. The van der Waals surface area contributed by atoms with Crippen LogP contribution in [0.25, 0.3) is 22.2 Å². The van der Waals surface area contributed by atoms with Crippen LogP contribution in [0.5, 0.6) is 0 Å². The molecule has 1 N–H and O–H groups in total. The van der Waals surface area contributed by atoms with Gasteiger partial charge in [-0.15, -0.1) is 0 Å². The predicted molar refractivity (Wildman–Crippen MR) is 92.6 cm³/mol. The van der Waals surface area contributed by atoms with Crippen LogP contribution in [0.1, 0.15) is 42.3 Å². The highest BCUT2D eigenvalue weighted by Gasteiger charge is 2.17. The summed E-state index contributed by atoms with van der Waals surface area (Å²) in [4.78, 5) is 15.1. The van der Waals surface area contributed by atoms with Crippen molar-refractivity contribution in [2.45, 2.75) is 33.1 Å². The Morgan fingerprint density at radius 3 is 2.27 bits per heavy atom. The Morgan fingerprint density at radius 1 is 1.00 bits per heavy atom. The molecule has 0 radical (unpaired) electrons. The number of H-pyrrole nitrogens is 1. The highest BCUT2D eigenvalue weighted by Crippen LogP contribution is 2.32. The van der Waals surface area contributed by atoms with E-state index >= 15 is 0 Å². The van der Waals surface area contributed by atoms with Crippen LogP contribution in [0.15, 0.2) is 42.5 Å². The Balaban J connectivity index is 2.24. The van der Waals surface area contributed by atoms with Gasteiger partial charge in [0.15, 0.2) is 6.29 Å². The van der Waals surface area contributed by atoms with E-state index in [1.165, 1.54) is 11.1 Å². The number of aromatic nitrogens is 1. The van der Waals surface area contributed by atoms with Crippen molar-refractivity contribution in [3.8, 4) is 11.3 Å². The number of fused-ring (bicyclic) bond motifs is 1. The number of rotatable bonds is 2. The fourth-order valence-electron chi connectivity index (χ4n) is 2.75. The first-order chi connectivity index (χ1) is 10.4. The number of nitrogens with one attached hydrogen (secondary N) is 1. The van der Waals surface area contributed by atoms with Crippen molar-refractivity contribution < 1.29 is 4.79 Å². The molecule has 0 aliphatic rings. The van der Waals surface area contributed by atoms with Gasteiger partial charge in [-0.25, -0.2) is 0 Å². The van der Waals surface area contributed by atoms with Gasteiger partial charge in [-0.1, -0.05) is 56.7 Å². The topological polar surface area (TPSA) is 32.9 Å². The molecule has 0 saturated heterocycles. The molecule has 0 saturated carbocycles. The van der Waals surface area contributed by atoms with Crippen molar-refractivity contribution in [2.24, 2.45) is 0 Å². The Morgan fingerprint density at radius 2 is 1.68 bits per heavy atom. The van der Waals surface area contributed by atoms with E-state index in [-0.39, 0.29) is 5.41 Å². The number of carbonyl (C=O) groups excluding carboxylic acids is 1. The first kappa shape index (κ1) is 14.6. The van der Waals surface area contributed by atoms with Gasteiger partial charge in [0.25, 0.3) is 0 Å². The number of hydrogen-bond donors (Lipinski definition) is 1. The minimum absolute atomic E-state index is 0.0651. The lowest BCUT2D eigenvalue weighted by Gasteiger charge is -2.18. The molecule has 0 spiro atoms. The van der Waals surface area contributed by atoms with Crippen LogP contribution in [0.2, 0.25) is 0 Å². The standard InChI is InChI=1S/C20H21NO/c1-13-5-7-14(8-6-13)19-17(12-22)16-11-15(20(2,3)4)9-10-18(16)21-19/h5-12,21H,1-4H3. The first-order valence-corrected chi connectivity index (χ1v) is 7.58. The lowest BCUT2D eigenvalue weighted by atomic mass is 9.86. The van der Waals surface area contributed by atoms with Crippen molar-refractivity contribution in [3.05, 3.63) is 59.2 Å². The van der Waals surface area contributed by atoms with Crippen molar-refractivity contribution in [3.63, 3.8) is 0 Å². The van der Waals surface area contributed by atoms with E-state index in [0.29, 0.717) is 0 Å². The molecule has 0 bridgehead atoms. The zero-order valence-electron chi connectivity index (χ0n) is 13.5. The molecule has 0 atom stereocenters. The maximum absolute atomic E-state index is 11.7. The molecule has 3 rings (SSSR count). The molecule has 1 aromatic heterocycles. The average Bonchev–Trinajstić information content (AvgIpc) is 2.84. The highest BCUT2D eigenvalue weighted by molar-refractivity contribution is 6.04. The molecule has 0 aliphatic carbocycles. The summed E-state index contributed by atoms with van der Waals surface area (Å²) < 4.78 is 0. The Hall–Kier alpha value is -2.35. The Labute approximate surface area is 131 Å². The van der Waals surface area contributed by atoms with Crippen LogP contribution in [-0.4, -0.2) is 11.3 Å². The second-order valence-electron chi connectivity index (χ2n) is 6.91. The van der Waals surface area contributed by atoms with Gasteiger partial charge in [-0.3, -0.25) is 4.79 Å². The lowest BCUT2D eigenvalue weighted by Crippen LogP contribution is -2.10. The molecule has 2 aromatic carbocycles. The molecule has 1 heterocycles. The number of benzene rings is 2. The molecule has 2 heteroatoms. The summed E-state index contributed by atoms with van der Waals surface area (Å²) in [5.74, 6) is 0. The summed E-state index contributed by atoms with van der Waals surface area (Å²) in [6.45, 7) is 8.61. The average molecular weight is 291 g/mol. The van der Waals surface area contributed by atoms with Gasteiger partial charge in [0.2, 0.25) is 0 Å². The second kappa shape index (κ2) is 5.13. The molecular formula is C20H21NO. The molecule has 22 heavy (non-hydrogen) atoms. The molecule has 2 nitrogen and oxygen atoms in total. The van der Waals surface area contributed by atoms with Gasteiger partial charge >= 0.3 is 0 Å². The van der Waals surface area contributed by atoms with E-state index < -0.39 is 0 Å². The van der Waals surface area contributed by atoms with E-state index in [4.69, 9.17) is 0 Å². The van der Waals surface area contributed by atoms with Crippen LogP contribution in [-0.2, 0) is 5.41 Å². The van der Waals surface area contributed by atoms with Gasteiger partial charge in [0, 0.05) is 16.5 Å². The Kier molecular flexibility index (Phi) is 3.40. The molecule has 112 valence electrons. The van der Waals surface area contributed by atoms with Gasteiger partial charge in [-0.05, 0) is 35.6 Å². The van der Waals surface area contributed by atoms with Gasteiger partial charge in [-0.2, -0.15) is 0 Å². The van der Waals surface area contributed by atoms with E-state index in [2.05, 4.69) is 75.1 Å². The molecule has 0 aliphatic heterocycles. The number of hydrogen-bond acceptors (Lipinski definition) is 1. The van der Waals surface area contributed by atoms with Gasteiger partial charge in [0.1, 0.15) is 0 Å². The second-order valence-corrected chi connectivity index (χ2v) is 6.91. The minimum Gasteiger partial charge on any atom is -0.354 e. The van der Waals surface area contributed by atoms with Crippen molar-refractivity contribution in [2.75, 3.05) is 0 Å². The molecular weight excluding hydrogens is 270 g/mol. The monoisotopic (exact) mass is 291 g/mol. The maximum Gasteiger partial charge on any atom is 0.152 e. The highest BCUT2D eigenvalue weighted by atomic mass is 16.1. The SMILES string of the molecule is Cc1ccc(-c2[nH]c3ccc(C(C)(C)C)cc3c2C=O)cc1. The first-order valence-electron chi connectivity index (χ1n) is 7.58. The minimum atomic E-state index is 0.0651. The van der Waals surface area contributed by atoms with Gasteiger partial charge in [0.05, 0.1) is 5.69 Å². The quantitative estimate of drug-likeness (QED) is 0.642. The zero-order chi connectivity index (χ0) is 15.9. The summed E-state index contributed by atoms with van der Waals surface area (Å²) in [5, 5.41) is 0.998. The summed E-state index contributed by atoms with van der Waals surface area (Å²) in [7, 11) is 0. The van der Waals surface area contributed by atoms with E-state index in [1.54, 1.807) is 0 Å². The van der Waals surface area contributed by atoms with Crippen molar-refractivity contribution >= 4 is 17.2 Å². The maximum atomic E-state index is 11.7. The number of aromatic amines is 1. The third-order valence-electron chi connectivity index (χ3n) is 4.16. The smallest absolute Gasteiger partial charge is 0.152 e. The zero-order valence-corrected chi connectivity index (χ0v) is 13.5. The van der Waals surface area contributed by atoms with Crippen LogP contribution in [0.3, 0.4) is 0 Å². The van der Waals surface area contributed by atoms with Crippen LogP contribution < -0.4 is 0 Å². The van der Waals surface area contributed by atoms with Crippen LogP contribution >= 0.6 is 0 Å². The third kappa shape index (κ3) is 2.45. The molecule has 0 unspecified atom stereocenters. The summed E-state index contributed by atoms with van der Waals surface area (Å²) in [6, 6.07) is 14.6. The fourth-order valence-corrected chi connectivity index (χ4v) is 2.75. The lowest BCUT2D eigenvalue weighted by molar-refractivity contribution is 0.112. The number of aryl methyl sites for hydroxylation is 1. The molecule has 0 fully saturated rings. The van der Waals surface area contributed by atoms with Crippen LogP contribution in [0.4, 0.5) is 0 Å². The molecule has 0 amide bonds. The van der Waals surface area contributed by atoms with Crippen molar-refractivity contribution in [1.29, 1.82) is 0 Å². The molecule has 3 aromatic rings. The van der Waals surface area contributed by atoms with Gasteiger partial charge < -0.3 is 4.98 Å². The Bertz CT molecular complexity index is 833. The summed E-state index contributed by atoms with van der Waals surface area (Å²) in [6.07, 6.45) is 0.959. The summed E-state index contributed by atoms with van der Waals surface area (Å²) >= 11 is 0. The number of carbonyl (C=O) groups is 1. The third-order valence-corrected chi connectivity index (χ3v) is 4.16. The normalized spacial score (nSPS) is 11.8. The van der Waals surface area contributed by atoms with E-state index in [0.717, 1.165) is 34.0 Å².